The molecule has 7 heteroatoms. The zero-order valence-electron chi connectivity index (χ0n) is 16.3. The molecule has 1 aliphatic rings. The zero-order valence-corrected chi connectivity index (χ0v) is 17.1. The second kappa shape index (κ2) is 9.43. The summed E-state index contributed by atoms with van der Waals surface area (Å²) in [6.45, 7) is 4.19. The number of anilines is 1. The fourth-order valence-corrected chi connectivity index (χ4v) is 3.62. The van der Waals surface area contributed by atoms with Crippen molar-refractivity contribution in [3.05, 3.63) is 64.6 Å². The van der Waals surface area contributed by atoms with Crippen molar-refractivity contribution in [2.45, 2.75) is 20.3 Å². The predicted molar refractivity (Wildman–Crippen MR) is 115 cm³/mol. The van der Waals surface area contributed by atoms with Crippen LogP contribution in [-0.2, 0) is 16.0 Å². The summed E-state index contributed by atoms with van der Waals surface area (Å²) in [5, 5.41) is 2.24. The molecular formula is C22H22N2O4S. The normalized spacial score (nSPS) is 15.1. The van der Waals surface area contributed by atoms with Gasteiger partial charge in [0, 0.05) is 5.69 Å². The van der Waals surface area contributed by atoms with E-state index in [-0.39, 0.29) is 6.54 Å². The molecule has 0 unspecified atom stereocenters. The lowest BCUT2D eigenvalue weighted by molar-refractivity contribution is -0.127. The van der Waals surface area contributed by atoms with E-state index in [4.69, 9.17) is 4.74 Å². The van der Waals surface area contributed by atoms with Crippen LogP contribution in [-0.4, -0.2) is 35.1 Å². The van der Waals surface area contributed by atoms with Crippen LogP contribution in [0.5, 0.6) is 5.75 Å². The number of hydrogen-bond acceptors (Lipinski definition) is 5. The number of carbonyl (C=O) groups excluding carboxylic acids is 3. The third-order valence-electron chi connectivity index (χ3n) is 4.31. The third kappa shape index (κ3) is 5.26. The Kier molecular flexibility index (Phi) is 6.72. The molecule has 0 atom stereocenters. The highest BCUT2D eigenvalue weighted by atomic mass is 32.2. The molecule has 2 aromatic rings. The number of amides is 3. The van der Waals surface area contributed by atoms with Crippen LogP contribution in [0.4, 0.5) is 10.5 Å². The Bertz CT molecular complexity index is 936. The van der Waals surface area contributed by atoms with Gasteiger partial charge in [-0.05, 0) is 66.6 Å². The van der Waals surface area contributed by atoms with E-state index in [2.05, 4.69) is 12.2 Å². The van der Waals surface area contributed by atoms with E-state index < -0.39 is 17.1 Å². The van der Waals surface area contributed by atoms with Gasteiger partial charge in [-0.1, -0.05) is 31.2 Å². The van der Waals surface area contributed by atoms with Crippen LogP contribution in [0.1, 0.15) is 25.0 Å². The summed E-state index contributed by atoms with van der Waals surface area (Å²) in [4.78, 5) is 38.3. The monoisotopic (exact) mass is 410 g/mol. The fraction of sp³-hybridized carbons (Fsp3) is 0.227. The number of hydrogen-bond donors (Lipinski definition) is 1. The van der Waals surface area contributed by atoms with Crippen LogP contribution in [0.3, 0.4) is 0 Å². The smallest absolute Gasteiger partial charge is 0.294 e. The molecule has 3 amide bonds. The second-order valence-corrected chi connectivity index (χ2v) is 7.36. The molecule has 1 aliphatic heterocycles. The lowest BCUT2D eigenvalue weighted by atomic mass is 10.1. The van der Waals surface area contributed by atoms with Crippen molar-refractivity contribution in [2.24, 2.45) is 0 Å². The van der Waals surface area contributed by atoms with Crippen molar-refractivity contribution < 1.29 is 19.1 Å². The first-order valence-corrected chi connectivity index (χ1v) is 10.2. The van der Waals surface area contributed by atoms with E-state index >= 15 is 0 Å². The van der Waals surface area contributed by atoms with Gasteiger partial charge in [0.2, 0.25) is 5.91 Å². The maximum atomic E-state index is 12.6. The molecule has 2 aromatic carbocycles. The molecular weight excluding hydrogens is 388 g/mol. The number of benzene rings is 2. The van der Waals surface area contributed by atoms with Gasteiger partial charge in [-0.2, -0.15) is 0 Å². The largest absolute Gasteiger partial charge is 0.494 e. The molecule has 0 spiro atoms. The number of imide groups is 1. The highest BCUT2D eigenvalue weighted by Crippen LogP contribution is 2.32. The summed E-state index contributed by atoms with van der Waals surface area (Å²) in [5.41, 5.74) is 2.60. The maximum Gasteiger partial charge on any atom is 0.294 e. The quantitative estimate of drug-likeness (QED) is 0.688. The summed E-state index contributed by atoms with van der Waals surface area (Å²) in [6.07, 6.45) is 2.61. The fourth-order valence-electron chi connectivity index (χ4n) is 2.78. The molecule has 0 saturated carbocycles. The van der Waals surface area contributed by atoms with E-state index in [9.17, 15) is 14.4 Å². The highest BCUT2D eigenvalue weighted by Gasteiger charge is 2.36. The lowest BCUT2D eigenvalue weighted by Gasteiger charge is -2.12. The van der Waals surface area contributed by atoms with Crippen molar-refractivity contribution in [3.8, 4) is 5.75 Å². The Morgan fingerprint density at radius 1 is 1.07 bits per heavy atom. The Balaban J connectivity index is 1.63. The summed E-state index contributed by atoms with van der Waals surface area (Å²) in [7, 11) is 0. The van der Waals surface area contributed by atoms with Crippen LogP contribution in [0, 0.1) is 0 Å². The lowest BCUT2D eigenvalue weighted by Crippen LogP contribution is -2.36. The Labute approximate surface area is 173 Å². The van der Waals surface area contributed by atoms with Crippen molar-refractivity contribution in [3.63, 3.8) is 0 Å². The number of ether oxygens (including phenoxy) is 1. The molecule has 0 aliphatic carbocycles. The van der Waals surface area contributed by atoms with Gasteiger partial charge in [0.1, 0.15) is 12.3 Å². The van der Waals surface area contributed by atoms with Crippen LogP contribution in [0.2, 0.25) is 0 Å². The first-order chi connectivity index (χ1) is 14.0. The van der Waals surface area contributed by atoms with Gasteiger partial charge in [-0.15, -0.1) is 0 Å². The number of nitrogens with one attached hydrogen (secondary N) is 1. The molecule has 0 aromatic heterocycles. The first-order valence-electron chi connectivity index (χ1n) is 9.37. The van der Waals surface area contributed by atoms with E-state index in [1.54, 1.807) is 30.3 Å². The molecule has 0 bridgehead atoms. The highest BCUT2D eigenvalue weighted by molar-refractivity contribution is 8.18. The minimum Gasteiger partial charge on any atom is -0.494 e. The first kappa shape index (κ1) is 20.7. The topological polar surface area (TPSA) is 75.7 Å². The van der Waals surface area contributed by atoms with Gasteiger partial charge >= 0.3 is 0 Å². The summed E-state index contributed by atoms with van der Waals surface area (Å²) in [5.74, 6) is -0.194. The number of aryl methyl sites for hydroxylation is 1. The Morgan fingerprint density at radius 3 is 2.38 bits per heavy atom. The van der Waals surface area contributed by atoms with Gasteiger partial charge in [-0.3, -0.25) is 19.3 Å². The summed E-state index contributed by atoms with van der Waals surface area (Å²) >= 11 is 0.844. The van der Waals surface area contributed by atoms with Gasteiger partial charge in [0.05, 0.1) is 11.5 Å². The molecule has 0 radical (unpaired) electrons. The Morgan fingerprint density at radius 2 is 1.76 bits per heavy atom. The van der Waals surface area contributed by atoms with Gasteiger partial charge < -0.3 is 10.1 Å². The van der Waals surface area contributed by atoms with Crippen molar-refractivity contribution >= 4 is 40.6 Å². The van der Waals surface area contributed by atoms with Crippen LogP contribution < -0.4 is 10.1 Å². The number of carbonyl (C=O) groups is 3. The van der Waals surface area contributed by atoms with E-state index in [0.717, 1.165) is 28.6 Å². The minimum absolute atomic E-state index is 0.313. The molecule has 6 nitrogen and oxygen atoms in total. The minimum atomic E-state index is -0.457. The molecule has 3 rings (SSSR count). The molecule has 150 valence electrons. The number of thioether (sulfide) groups is 1. The standard InChI is InChI=1S/C22H22N2O4S/c1-3-15-5-7-16(8-6-15)13-19-21(26)24(22(27)29-19)14-20(25)23-17-9-11-18(12-10-17)28-4-2/h5-13H,3-4,14H2,1-2H3,(H,23,25)/b19-13+. The molecule has 1 N–H and O–H groups in total. The van der Waals surface area contributed by atoms with Crippen LogP contribution >= 0.6 is 11.8 Å². The van der Waals surface area contributed by atoms with E-state index in [1.807, 2.05) is 31.2 Å². The molecule has 1 heterocycles. The van der Waals surface area contributed by atoms with E-state index in [1.165, 1.54) is 5.56 Å². The summed E-state index contributed by atoms with van der Waals surface area (Å²) in [6, 6.07) is 14.7. The average molecular weight is 410 g/mol. The van der Waals surface area contributed by atoms with Gasteiger partial charge in [0.15, 0.2) is 0 Å². The summed E-state index contributed by atoms with van der Waals surface area (Å²) < 4.78 is 5.36. The average Bonchev–Trinajstić information content (AvgIpc) is 2.97. The molecule has 29 heavy (non-hydrogen) atoms. The number of rotatable bonds is 7. The SMILES string of the molecule is CCOc1ccc(NC(=O)CN2C(=O)S/C(=C/c3ccc(CC)cc3)C2=O)cc1. The van der Waals surface area contributed by atoms with Gasteiger partial charge in [0.25, 0.3) is 11.1 Å². The second-order valence-electron chi connectivity index (χ2n) is 6.37. The zero-order chi connectivity index (χ0) is 20.8. The van der Waals surface area contributed by atoms with Gasteiger partial charge in [-0.25, -0.2) is 0 Å². The maximum absolute atomic E-state index is 12.6. The Hall–Kier alpha value is -3.06. The van der Waals surface area contributed by atoms with Crippen molar-refractivity contribution in [2.75, 3.05) is 18.5 Å². The molecule has 1 fully saturated rings. The van der Waals surface area contributed by atoms with Crippen LogP contribution in [0.15, 0.2) is 53.4 Å². The third-order valence-corrected chi connectivity index (χ3v) is 5.22. The van der Waals surface area contributed by atoms with E-state index in [0.29, 0.717) is 22.9 Å². The molecule has 1 saturated heterocycles. The van der Waals surface area contributed by atoms with Crippen molar-refractivity contribution in [1.29, 1.82) is 0 Å². The van der Waals surface area contributed by atoms with Crippen molar-refractivity contribution in [1.82, 2.24) is 4.90 Å². The van der Waals surface area contributed by atoms with Crippen LogP contribution in [0.25, 0.3) is 6.08 Å². The number of nitrogens with zero attached hydrogens (tertiary/aromatic N) is 1. The predicted octanol–water partition coefficient (Wildman–Crippen LogP) is 4.32.